The number of nitrogens with two attached hydrogens (primary N) is 1. The van der Waals surface area contributed by atoms with Gasteiger partial charge in [0, 0.05) is 12.1 Å². The van der Waals surface area contributed by atoms with Crippen LogP contribution in [0.3, 0.4) is 0 Å². The van der Waals surface area contributed by atoms with E-state index in [-0.39, 0.29) is 17.2 Å². The van der Waals surface area contributed by atoms with E-state index in [0.29, 0.717) is 12.1 Å². The largest absolute Gasteiger partial charge is 0.409 e. The van der Waals surface area contributed by atoms with Crippen LogP contribution in [0.1, 0.15) is 43.7 Å². The quantitative estimate of drug-likeness (QED) is 0.388. The van der Waals surface area contributed by atoms with Crippen LogP contribution in [0.2, 0.25) is 0 Å². The number of hydrogen-bond donors (Lipinski definition) is 2. The Morgan fingerprint density at radius 1 is 1.43 bits per heavy atom. The van der Waals surface area contributed by atoms with E-state index < -0.39 is 0 Å². The molecule has 0 radical (unpaired) electrons. The van der Waals surface area contributed by atoms with Crippen molar-refractivity contribution in [3.05, 3.63) is 35.1 Å². The molecular formula is C16H24FN3O. The summed E-state index contributed by atoms with van der Waals surface area (Å²) in [6, 6.07) is 5.05. The Morgan fingerprint density at radius 2 is 2.24 bits per heavy atom. The van der Waals surface area contributed by atoms with Crippen molar-refractivity contribution in [3.63, 3.8) is 0 Å². The lowest BCUT2D eigenvalue weighted by Crippen LogP contribution is -2.25. The second-order valence-corrected chi connectivity index (χ2v) is 5.75. The standard InChI is InChI=1S/C16H24FN3O/c1-2-12-5-4-9-20(10-8-12)11-13-6-3-7-14(15(13)17)16(18)19-21/h3,6-7,12,21H,2,4-5,8-11H2,1H3,(H2,18,19). The number of hydrogen-bond acceptors (Lipinski definition) is 3. The summed E-state index contributed by atoms with van der Waals surface area (Å²) in [6.07, 6.45) is 4.83. The molecule has 1 atom stereocenters. The number of likely N-dealkylation sites (tertiary alicyclic amines) is 1. The van der Waals surface area contributed by atoms with Gasteiger partial charge in [-0.3, -0.25) is 4.90 Å². The third-order valence-corrected chi connectivity index (χ3v) is 4.37. The predicted molar refractivity (Wildman–Crippen MR) is 81.8 cm³/mol. The minimum absolute atomic E-state index is 0.163. The molecule has 1 unspecified atom stereocenters. The van der Waals surface area contributed by atoms with Crippen molar-refractivity contribution in [3.8, 4) is 0 Å². The molecule has 1 fully saturated rings. The zero-order valence-electron chi connectivity index (χ0n) is 12.6. The molecule has 0 spiro atoms. The minimum atomic E-state index is -0.385. The van der Waals surface area contributed by atoms with Gasteiger partial charge in [0.1, 0.15) is 5.82 Å². The van der Waals surface area contributed by atoms with Gasteiger partial charge in [0.15, 0.2) is 5.84 Å². The zero-order chi connectivity index (χ0) is 15.2. The molecule has 1 aliphatic heterocycles. The van der Waals surface area contributed by atoms with Gasteiger partial charge in [-0.1, -0.05) is 30.6 Å². The highest BCUT2D eigenvalue weighted by Crippen LogP contribution is 2.22. The minimum Gasteiger partial charge on any atom is -0.409 e. The van der Waals surface area contributed by atoms with Gasteiger partial charge in [-0.25, -0.2) is 4.39 Å². The van der Waals surface area contributed by atoms with Crippen LogP contribution in [0.25, 0.3) is 0 Å². The summed E-state index contributed by atoms with van der Waals surface area (Å²) in [5.41, 5.74) is 6.27. The first-order valence-corrected chi connectivity index (χ1v) is 7.63. The average Bonchev–Trinajstić information content (AvgIpc) is 2.73. The van der Waals surface area contributed by atoms with Crippen LogP contribution in [0.5, 0.6) is 0 Å². The molecule has 1 aromatic rings. The molecule has 3 N–H and O–H groups in total. The fourth-order valence-corrected chi connectivity index (χ4v) is 2.99. The molecule has 0 aromatic heterocycles. The lowest BCUT2D eigenvalue weighted by molar-refractivity contribution is 0.268. The van der Waals surface area contributed by atoms with E-state index in [9.17, 15) is 4.39 Å². The van der Waals surface area contributed by atoms with Gasteiger partial charge in [-0.15, -0.1) is 0 Å². The molecule has 0 amide bonds. The summed E-state index contributed by atoms with van der Waals surface area (Å²) in [5, 5.41) is 11.6. The maximum absolute atomic E-state index is 14.4. The Labute approximate surface area is 125 Å². The molecule has 0 saturated carbocycles. The lowest BCUT2D eigenvalue weighted by Gasteiger charge is -2.21. The molecule has 1 aliphatic rings. The maximum Gasteiger partial charge on any atom is 0.173 e. The normalized spacial score (nSPS) is 21.2. The van der Waals surface area contributed by atoms with E-state index in [1.54, 1.807) is 12.1 Å². The molecular weight excluding hydrogens is 269 g/mol. The summed E-state index contributed by atoms with van der Waals surface area (Å²) >= 11 is 0. The maximum atomic E-state index is 14.4. The Bertz CT molecular complexity index is 504. The van der Waals surface area contributed by atoms with Crippen LogP contribution in [0.4, 0.5) is 4.39 Å². The highest BCUT2D eigenvalue weighted by molar-refractivity contribution is 5.97. The topological polar surface area (TPSA) is 61.8 Å². The van der Waals surface area contributed by atoms with E-state index in [4.69, 9.17) is 10.9 Å². The number of benzene rings is 1. The van der Waals surface area contributed by atoms with Crippen molar-refractivity contribution in [2.45, 2.75) is 39.2 Å². The highest BCUT2D eigenvalue weighted by Gasteiger charge is 2.18. The molecule has 1 aromatic carbocycles. The summed E-state index contributed by atoms with van der Waals surface area (Å²) in [7, 11) is 0. The molecule has 1 heterocycles. The molecule has 4 nitrogen and oxygen atoms in total. The molecule has 2 rings (SSSR count). The van der Waals surface area contributed by atoms with E-state index in [1.165, 1.54) is 31.7 Å². The summed E-state index contributed by atoms with van der Waals surface area (Å²) < 4.78 is 14.4. The second-order valence-electron chi connectivity index (χ2n) is 5.75. The van der Waals surface area contributed by atoms with E-state index in [2.05, 4.69) is 17.0 Å². The van der Waals surface area contributed by atoms with Gasteiger partial charge in [0.05, 0.1) is 5.56 Å². The Hall–Kier alpha value is -1.62. The summed E-state index contributed by atoms with van der Waals surface area (Å²) in [5.74, 6) is 0.226. The van der Waals surface area contributed by atoms with Gasteiger partial charge in [0.2, 0.25) is 0 Å². The summed E-state index contributed by atoms with van der Waals surface area (Å²) in [6.45, 7) is 4.82. The fraction of sp³-hybridized carbons (Fsp3) is 0.562. The van der Waals surface area contributed by atoms with Gasteiger partial charge >= 0.3 is 0 Å². The van der Waals surface area contributed by atoms with Crippen molar-refractivity contribution < 1.29 is 9.60 Å². The third-order valence-electron chi connectivity index (χ3n) is 4.37. The van der Waals surface area contributed by atoms with Crippen LogP contribution in [0.15, 0.2) is 23.4 Å². The van der Waals surface area contributed by atoms with Crippen LogP contribution in [0, 0.1) is 11.7 Å². The first-order valence-electron chi connectivity index (χ1n) is 7.63. The van der Waals surface area contributed by atoms with E-state index in [1.807, 2.05) is 0 Å². The van der Waals surface area contributed by atoms with Crippen LogP contribution in [-0.4, -0.2) is 29.0 Å². The zero-order valence-corrected chi connectivity index (χ0v) is 12.6. The monoisotopic (exact) mass is 293 g/mol. The first-order chi connectivity index (χ1) is 10.2. The van der Waals surface area contributed by atoms with Gasteiger partial charge in [-0.2, -0.15) is 0 Å². The molecule has 116 valence electrons. The number of halogens is 1. The Balaban J connectivity index is 2.09. The third kappa shape index (κ3) is 3.94. The molecule has 5 heteroatoms. The lowest BCUT2D eigenvalue weighted by atomic mass is 9.98. The summed E-state index contributed by atoms with van der Waals surface area (Å²) in [4.78, 5) is 2.30. The Kier molecular flexibility index (Phi) is 5.56. The fourth-order valence-electron chi connectivity index (χ4n) is 2.99. The number of amidine groups is 1. The van der Waals surface area contributed by atoms with Crippen LogP contribution >= 0.6 is 0 Å². The average molecular weight is 293 g/mol. The van der Waals surface area contributed by atoms with Crippen molar-refractivity contribution in [2.24, 2.45) is 16.8 Å². The Morgan fingerprint density at radius 3 is 2.95 bits per heavy atom. The van der Waals surface area contributed by atoms with Crippen molar-refractivity contribution in [1.29, 1.82) is 0 Å². The number of rotatable bonds is 4. The molecule has 1 saturated heterocycles. The second kappa shape index (κ2) is 7.41. The number of nitrogens with zero attached hydrogens (tertiary/aromatic N) is 2. The molecule has 0 aliphatic carbocycles. The van der Waals surface area contributed by atoms with Crippen LogP contribution < -0.4 is 5.73 Å². The predicted octanol–water partition coefficient (Wildman–Crippen LogP) is 2.93. The van der Waals surface area contributed by atoms with Crippen molar-refractivity contribution in [2.75, 3.05) is 13.1 Å². The SMILES string of the molecule is CCC1CCCN(Cc2cccc(/C(N)=N/O)c2F)CC1. The van der Waals surface area contributed by atoms with Gasteiger partial charge < -0.3 is 10.9 Å². The highest BCUT2D eigenvalue weighted by atomic mass is 19.1. The molecule has 21 heavy (non-hydrogen) atoms. The van der Waals surface area contributed by atoms with E-state index >= 15 is 0 Å². The van der Waals surface area contributed by atoms with Gasteiger partial charge in [0.25, 0.3) is 0 Å². The number of oxime groups is 1. The molecule has 0 bridgehead atoms. The van der Waals surface area contributed by atoms with Crippen molar-refractivity contribution in [1.82, 2.24) is 4.90 Å². The van der Waals surface area contributed by atoms with Crippen LogP contribution in [-0.2, 0) is 6.54 Å². The van der Waals surface area contributed by atoms with Gasteiger partial charge in [-0.05, 0) is 44.3 Å². The van der Waals surface area contributed by atoms with E-state index in [0.717, 1.165) is 19.0 Å². The smallest absolute Gasteiger partial charge is 0.173 e. The first kappa shape index (κ1) is 15.8. The van der Waals surface area contributed by atoms with Crippen molar-refractivity contribution >= 4 is 5.84 Å².